The third-order valence-electron chi connectivity index (χ3n) is 5.26. The predicted molar refractivity (Wildman–Crippen MR) is 127 cm³/mol. The Hall–Kier alpha value is -4.46. The van der Waals surface area contributed by atoms with Crippen LogP contribution in [0.5, 0.6) is 17.2 Å². The Bertz CT molecular complexity index is 1360. The molecule has 1 aliphatic rings. The fraction of sp³-hybridized carbons (Fsp3) is 0.148. The molecule has 0 aliphatic carbocycles. The van der Waals surface area contributed by atoms with Gasteiger partial charge in [0.05, 0.1) is 14.2 Å². The highest BCUT2D eigenvalue weighted by atomic mass is 19.1. The van der Waals surface area contributed by atoms with Gasteiger partial charge >= 0.3 is 5.97 Å². The summed E-state index contributed by atoms with van der Waals surface area (Å²) < 4.78 is 35.4. The number of nitrogens with zero attached hydrogens (tertiary/aromatic N) is 1. The number of Topliss-reactive ketones (excluding diaryl/α,β-unsaturated/α-hetero) is 1. The van der Waals surface area contributed by atoms with Gasteiger partial charge in [-0.3, -0.25) is 4.79 Å². The van der Waals surface area contributed by atoms with Crippen LogP contribution in [-0.4, -0.2) is 31.9 Å². The highest BCUT2D eigenvalue weighted by molar-refractivity contribution is 6.12. The van der Waals surface area contributed by atoms with Crippen molar-refractivity contribution in [1.29, 1.82) is 0 Å². The summed E-state index contributed by atoms with van der Waals surface area (Å²) in [7, 11) is 3.03. The number of ketones is 1. The minimum Gasteiger partial charge on any atom is -0.496 e. The van der Waals surface area contributed by atoms with Crippen LogP contribution in [0.4, 0.5) is 4.39 Å². The highest BCUT2D eigenvalue weighted by Gasteiger charge is 2.24. The first kappa shape index (κ1) is 23.7. The average molecular weight is 475 g/mol. The van der Waals surface area contributed by atoms with Gasteiger partial charge in [-0.15, -0.1) is 0 Å². The van der Waals surface area contributed by atoms with Gasteiger partial charge in [0.15, 0.2) is 23.0 Å². The number of hydrogen-bond acceptors (Lipinski definition) is 7. The number of esters is 1. The summed E-state index contributed by atoms with van der Waals surface area (Å²) in [6.07, 6.45) is 1.55. The number of cyclic esters (lactones) is 1. The second kappa shape index (κ2) is 10.2. The summed E-state index contributed by atoms with van der Waals surface area (Å²) in [5.74, 6) is 0.364. The molecule has 0 spiro atoms. The van der Waals surface area contributed by atoms with Crippen LogP contribution in [0.15, 0.2) is 71.4 Å². The van der Waals surface area contributed by atoms with Crippen molar-refractivity contribution in [3.63, 3.8) is 0 Å². The van der Waals surface area contributed by atoms with Gasteiger partial charge in [-0.05, 0) is 55.0 Å². The maximum atomic E-state index is 13.5. The van der Waals surface area contributed by atoms with Crippen LogP contribution in [-0.2, 0) is 16.1 Å². The fourth-order valence-corrected chi connectivity index (χ4v) is 3.44. The molecular weight excluding hydrogens is 453 g/mol. The van der Waals surface area contributed by atoms with Crippen molar-refractivity contribution < 1.29 is 32.9 Å². The van der Waals surface area contributed by atoms with Crippen LogP contribution in [0.1, 0.15) is 34.0 Å². The molecule has 8 heteroatoms. The van der Waals surface area contributed by atoms with Crippen molar-refractivity contribution in [3.8, 4) is 17.2 Å². The van der Waals surface area contributed by atoms with E-state index in [4.69, 9.17) is 18.9 Å². The van der Waals surface area contributed by atoms with Gasteiger partial charge in [0.25, 0.3) is 0 Å². The fourth-order valence-electron chi connectivity index (χ4n) is 3.44. The highest BCUT2D eigenvalue weighted by Crippen LogP contribution is 2.31. The molecule has 3 aromatic carbocycles. The molecule has 1 aliphatic heterocycles. The first-order chi connectivity index (χ1) is 16.9. The molecule has 0 amide bonds. The number of rotatable bonds is 8. The standard InChI is InChI=1S/C27H22FNO6/c1-16(30)18-8-9-20(24(14-18)32-2)15-34-23-10-7-17(12-25(23)33-3)11-22-27(31)35-26(29-22)19-5-4-6-21(28)13-19/h4-14H,15H2,1-3H3/b22-11-. The molecule has 0 unspecified atom stereocenters. The average Bonchev–Trinajstić information content (AvgIpc) is 3.22. The minimum atomic E-state index is -0.635. The maximum Gasteiger partial charge on any atom is 0.363 e. The summed E-state index contributed by atoms with van der Waals surface area (Å²) >= 11 is 0. The van der Waals surface area contributed by atoms with E-state index >= 15 is 0 Å². The van der Waals surface area contributed by atoms with E-state index in [0.717, 1.165) is 5.56 Å². The minimum absolute atomic E-state index is 0.0393. The van der Waals surface area contributed by atoms with Crippen molar-refractivity contribution in [2.24, 2.45) is 4.99 Å². The quantitative estimate of drug-likeness (QED) is 0.260. The molecule has 0 saturated heterocycles. The van der Waals surface area contributed by atoms with Gasteiger partial charge in [-0.25, -0.2) is 14.2 Å². The zero-order valence-corrected chi connectivity index (χ0v) is 19.3. The molecule has 0 fully saturated rings. The smallest absolute Gasteiger partial charge is 0.363 e. The first-order valence-electron chi connectivity index (χ1n) is 10.6. The van der Waals surface area contributed by atoms with Gasteiger partial charge in [-0.1, -0.05) is 24.3 Å². The van der Waals surface area contributed by atoms with E-state index in [1.54, 1.807) is 48.5 Å². The van der Waals surface area contributed by atoms with E-state index < -0.39 is 11.8 Å². The van der Waals surface area contributed by atoms with Crippen LogP contribution in [0, 0.1) is 5.82 Å². The number of aliphatic imine (C=N–C) groups is 1. The molecule has 3 aromatic rings. The number of methoxy groups -OCH3 is 2. The molecule has 4 rings (SSSR count). The number of benzene rings is 3. The van der Waals surface area contributed by atoms with E-state index in [-0.39, 0.29) is 24.0 Å². The van der Waals surface area contributed by atoms with Crippen LogP contribution in [0.2, 0.25) is 0 Å². The predicted octanol–water partition coefficient (Wildman–Crippen LogP) is 4.97. The molecular formula is C27H22FNO6. The second-order valence-corrected chi connectivity index (χ2v) is 7.63. The van der Waals surface area contributed by atoms with E-state index in [0.29, 0.717) is 33.9 Å². The van der Waals surface area contributed by atoms with Crippen molar-refractivity contribution in [2.75, 3.05) is 14.2 Å². The maximum absolute atomic E-state index is 13.5. The zero-order chi connectivity index (χ0) is 24.9. The zero-order valence-electron chi connectivity index (χ0n) is 19.3. The molecule has 178 valence electrons. The van der Waals surface area contributed by atoms with Crippen LogP contribution >= 0.6 is 0 Å². The van der Waals surface area contributed by atoms with Gasteiger partial charge in [-0.2, -0.15) is 0 Å². The number of carbonyl (C=O) groups excluding carboxylic acids is 2. The van der Waals surface area contributed by atoms with Crippen LogP contribution < -0.4 is 14.2 Å². The van der Waals surface area contributed by atoms with E-state index in [1.807, 2.05) is 0 Å². The van der Waals surface area contributed by atoms with Gasteiger partial charge < -0.3 is 18.9 Å². The van der Waals surface area contributed by atoms with Gasteiger partial charge in [0, 0.05) is 16.7 Å². The van der Waals surface area contributed by atoms with Crippen molar-refractivity contribution >= 4 is 23.7 Å². The lowest BCUT2D eigenvalue weighted by atomic mass is 10.1. The summed E-state index contributed by atoms with van der Waals surface area (Å²) in [4.78, 5) is 28.1. The van der Waals surface area contributed by atoms with E-state index in [9.17, 15) is 14.0 Å². The third kappa shape index (κ3) is 5.38. The topological polar surface area (TPSA) is 83.4 Å². The first-order valence-corrected chi connectivity index (χ1v) is 10.6. The molecule has 7 nitrogen and oxygen atoms in total. The third-order valence-corrected chi connectivity index (χ3v) is 5.26. The Morgan fingerprint density at radius 2 is 1.80 bits per heavy atom. The Morgan fingerprint density at radius 3 is 2.51 bits per heavy atom. The largest absolute Gasteiger partial charge is 0.496 e. The number of carbonyl (C=O) groups is 2. The molecule has 0 saturated carbocycles. The molecule has 1 heterocycles. The molecule has 0 atom stereocenters. The van der Waals surface area contributed by atoms with Crippen molar-refractivity contribution in [2.45, 2.75) is 13.5 Å². The van der Waals surface area contributed by atoms with Crippen LogP contribution in [0.3, 0.4) is 0 Å². The molecule has 0 radical (unpaired) electrons. The summed E-state index contributed by atoms with van der Waals surface area (Å²) in [5, 5.41) is 0. The Kier molecular flexibility index (Phi) is 6.91. The number of ether oxygens (including phenoxy) is 4. The Balaban J connectivity index is 1.53. The normalized spacial score (nSPS) is 13.9. The second-order valence-electron chi connectivity index (χ2n) is 7.63. The lowest BCUT2D eigenvalue weighted by Gasteiger charge is -2.14. The molecule has 35 heavy (non-hydrogen) atoms. The lowest BCUT2D eigenvalue weighted by Crippen LogP contribution is -2.05. The number of halogens is 1. The SMILES string of the molecule is COc1cc(C(C)=O)ccc1COc1ccc(/C=C2\N=C(c3cccc(F)c3)OC2=O)cc1OC. The molecule has 0 bridgehead atoms. The van der Waals surface area contributed by atoms with Crippen molar-refractivity contribution in [1.82, 2.24) is 0 Å². The summed E-state index contributed by atoms with van der Waals surface area (Å²) in [6.45, 7) is 1.68. The Morgan fingerprint density at radius 1 is 1.00 bits per heavy atom. The lowest BCUT2D eigenvalue weighted by molar-refractivity contribution is -0.129. The number of hydrogen-bond donors (Lipinski definition) is 0. The van der Waals surface area contributed by atoms with E-state index in [1.165, 1.54) is 39.3 Å². The Labute approximate surface area is 201 Å². The molecule has 0 N–H and O–H groups in total. The van der Waals surface area contributed by atoms with Crippen LogP contribution in [0.25, 0.3) is 6.08 Å². The van der Waals surface area contributed by atoms with E-state index in [2.05, 4.69) is 4.99 Å². The van der Waals surface area contributed by atoms with Gasteiger partial charge in [0.1, 0.15) is 18.2 Å². The monoisotopic (exact) mass is 475 g/mol. The van der Waals surface area contributed by atoms with Crippen molar-refractivity contribution in [3.05, 3.63) is 94.4 Å². The summed E-state index contributed by atoms with van der Waals surface area (Å²) in [5.41, 5.74) is 2.40. The summed E-state index contributed by atoms with van der Waals surface area (Å²) in [6, 6.07) is 16.0. The molecule has 0 aromatic heterocycles. The van der Waals surface area contributed by atoms with Gasteiger partial charge in [0.2, 0.25) is 5.90 Å².